The summed E-state index contributed by atoms with van der Waals surface area (Å²) in [6.45, 7) is 6.21. The van der Waals surface area contributed by atoms with E-state index >= 15 is 0 Å². The Kier molecular flexibility index (Phi) is 14.9. The third kappa shape index (κ3) is 14.4. The molecule has 0 fully saturated rings. The molecule has 0 radical (unpaired) electrons. The quantitative estimate of drug-likeness (QED) is 0.0490. The third-order valence-corrected chi connectivity index (χ3v) is 7.09. The highest BCUT2D eigenvalue weighted by Gasteiger charge is 2.15. The number of carbonyl (C=O) groups excluding carboxylic acids is 1. The lowest BCUT2D eigenvalue weighted by molar-refractivity contribution is 0.0523. The molecule has 6 rings (SSSR count). The lowest BCUT2D eigenvalue weighted by Crippen LogP contribution is -2.32. The number of hydrogen-bond acceptors (Lipinski definition) is 15. The van der Waals surface area contributed by atoms with Gasteiger partial charge >= 0.3 is 6.09 Å². The van der Waals surface area contributed by atoms with E-state index in [-0.39, 0.29) is 0 Å². The van der Waals surface area contributed by atoms with E-state index in [0.717, 1.165) is 33.6 Å². The van der Waals surface area contributed by atoms with Crippen molar-refractivity contribution in [1.29, 1.82) is 0 Å². The number of hydrogen-bond donors (Lipinski definition) is 6. The van der Waals surface area contributed by atoms with Gasteiger partial charge in [0.05, 0.1) is 35.1 Å². The van der Waals surface area contributed by atoms with Crippen LogP contribution in [0.15, 0.2) is 131 Å². The van der Waals surface area contributed by atoms with E-state index in [1.165, 1.54) is 12.8 Å². The largest absolute Gasteiger partial charge is 0.444 e. The number of nitrogens with one attached hydrogen (secondary N) is 5. The number of carbonyl (C=O) groups is 1. The maximum Gasteiger partial charge on any atom is 0.407 e. The van der Waals surface area contributed by atoms with Crippen molar-refractivity contribution in [3.8, 4) is 47.1 Å². The number of amides is 1. The number of benzene rings is 4. The Morgan fingerprint density at radius 2 is 1.07 bits per heavy atom. The Hall–Kier alpha value is -7.95. The number of nitrogens with zero attached hydrogens (tertiary/aromatic N) is 2. The highest BCUT2D eigenvalue weighted by atomic mass is 16.7. The lowest BCUT2D eigenvalue weighted by atomic mass is 10.2. The number of rotatable bonds is 13. The van der Waals surface area contributed by atoms with E-state index in [2.05, 4.69) is 61.6 Å². The number of ether oxygens (including phenoxy) is 1. The second-order valence-electron chi connectivity index (χ2n) is 12.6. The van der Waals surface area contributed by atoms with E-state index in [4.69, 9.17) is 38.7 Å². The van der Waals surface area contributed by atoms with Gasteiger partial charge in [-0.05, 0) is 105 Å². The van der Waals surface area contributed by atoms with Crippen molar-refractivity contribution >= 4 is 28.8 Å². The number of alkyl carbamates (subject to hydrolysis) is 1. The van der Waals surface area contributed by atoms with Crippen LogP contribution in [0.4, 0.5) is 27.5 Å². The number of nitrogens with two attached hydrogens (primary N) is 1. The van der Waals surface area contributed by atoms with E-state index in [1.807, 2.05) is 112 Å². The van der Waals surface area contributed by atoms with Gasteiger partial charge in [-0.2, -0.15) is 0 Å². The normalized spacial score (nSPS) is 10.0. The lowest BCUT2D eigenvalue weighted by Gasteiger charge is -2.19. The smallest absolute Gasteiger partial charge is 0.407 e. The molecule has 1 amide bonds. The van der Waals surface area contributed by atoms with Crippen LogP contribution in [0.5, 0.6) is 0 Å². The summed E-state index contributed by atoms with van der Waals surface area (Å²) in [6, 6.07) is 29.6. The van der Waals surface area contributed by atoms with Crippen molar-refractivity contribution in [2.24, 2.45) is 5.73 Å². The molecule has 0 bridgehead atoms. The fourth-order valence-corrected chi connectivity index (χ4v) is 4.54. The molecule has 4 aromatic carbocycles. The zero-order valence-electron chi connectivity index (χ0n) is 31.2. The molecular formula is C41H40N8O8. The summed E-state index contributed by atoms with van der Waals surface area (Å²) in [5.41, 5.74) is 22.3. The van der Waals surface area contributed by atoms with Gasteiger partial charge in [0.2, 0.25) is 0 Å². The monoisotopic (exact) mass is 772 g/mol. The maximum atomic E-state index is 11.7. The van der Waals surface area contributed by atoms with Gasteiger partial charge < -0.3 is 44.0 Å². The van der Waals surface area contributed by atoms with Crippen LogP contribution in [-0.2, 0) is 37.2 Å². The number of aromatic nitrogens is 2. The van der Waals surface area contributed by atoms with Crippen molar-refractivity contribution in [3.63, 3.8) is 0 Å². The molecule has 0 aliphatic carbocycles. The van der Waals surface area contributed by atoms with E-state index < -0.39 is 11.7 Å². The molecule has 7 N–H and O–H groups in total. The van der Waals surface area contributed by atoms with Crippen LogP contribution in [-0.4, -0.2) is 21.7 Å². The van der Waals surface area contributed by atoms with Gasteiger partial charge in [-0.1, -0.05) is 24.3 Å². The van der Waals surface area contributed by atoms with E-state index in [9.17, 15) is 4.79 Å². The molecule has 2 aromatic heterocycles. The molecule has 16 nitrogen and oxygen atoms in total. The zero-order valence-corrected chi connectivity index (χ0v) is 31.2. The summed E-state index contributed by atoms with van der Waals surface area (Å²) in [7, 11) is 0. The zero-order chi connectivity index (χ0) is 40.1. The molecule has 2 heterocycles. The summed E-state index contributed by atoms with van der Waals surface area (Å²) in [4.78, 5) is 39.6. The second kappa shape index (κ2) is 21.1. The Balaban J connectivity index is 0.000000224. The summed E-state index contributed by atoms with van der Waals surface area (Å²) in [5, 5.41) is 2.70. The predicted molar refractivity (Wildman–Crippen MR) is 212 cm³/mol. The molecule has 16 heteroatoms. The SMILES string of the molecule is CC(C)(C)OC(=O)NCc1cccc(NOC#CONc2ccc(-c3cnco3)cc2)c1.NCc1cccc(NOC#CONc2ccc(-c3cnco3)cc2)c1. The van der Waals surface area contributed by atoms with Crippen LogP contribution in [0, 0.1) is 24.4 Å². The Morgan fingerprint density at radius 1 is 0.632 bits per heavy atom. The standard InChI is InChI=1S/C23H24N4O5.C18H16N4O3/c1-23(2,3)32-22(28)25-14-17-5-4-6-20(13-17)27-31-12-11-30-26-19-9-7-18(8-10-19)21-15-24-16-29-21;19-11-14-2-1-3-17(10-14)22-25-9-8-24-21-16-6-4-15(5-7-16)18-12-20-13-23-18/h4-10,13,15-16,26-27H,14H2,1-3H3,(H,25,28);1-7,10,12-13,21-22H,11,19H2. The van der Waals surface area contributed by atoms with Crippen LogP contribution in [0.1, 0.15) is 31.9 Å². The molecule has 57 heavy (non-hydrogen) atoms. The minimum Gasteiger partial charge on any atom is -0.444 e. The van der Waals surface area contributed by atoms with Crippen LogP contribution >= 0.6 is 0 Å². The van der Waals surface area contributed by atoms with E-state index in [1.54, 1.807) is 18.5 Å². The molecule has 0 spiro atoms. The molecule has 0 aliphatic rings. The van der Waals surface area contributed by atoms with Gasteiger partial charge in [-0.3, -0.25) is 0 Å². The van der Waals surface area contributed by atoms with Crippen LogP contribution in [0.25, 0.3) is 22.6 Å². The molecule has 0 unspecified atom stereocenters. The van der Waals surface area contributed by atoms with Crippen molar-refractivity contribution < 1.29 is 37.7 Å². The van der Waals surface area contributed by atoms with Gasteiger partial charge in [0.1, 0.15) is 5.60 Å². The highest BCUT2D eigenvalue weighted by molar-refractivity contribution is 5.67. The molecule has 0 saturated carbocycles. The Labute approximate surface area is 328 Å². The van der Waals surface area contributed by atoms with Crippen molar-refractivity contribution in [3.05, 3.63) is 133 Å². The van der Waals surface area contributed by atoms with Crippen LogP contribution in [0.2, 0.25) is 0 Å². The Morgan fingerprint density at radius 3 is 1.49 bits per heavy atom. The maximum absolute atomic E-state index is 11.7. The molecule has 0 saturated heterocycles. The van der Waals surface area contributed by atoms with E-state index in [0.29, 0.717) is 36.0 Å². The fraction of sp³-hybridized carbons (Fsp3) is 0.146. The first-order chi connectivity index (χ1) is 27.7. The minimum absolute atomic E-state index is 0.318. The first kappa shape index (κ1) is 40.2. The number of anilines is 4. The first-order valence-corrected chi connectivity index (χ1v) is 17.2. The molecule has 0 atom stereocenters. The van der Waals surface area contributed by atoms with Crippen LogP contribution in [0.3, 0.4) is 0 Å². The summed E-state index contributed by atoms with van der Waals surface area (Å²) in [5.74, 6) is 1.38. The highest BCUT2D eigenvalue weighted by Crippen LogP contribution is 2.22. The summed E-state index contributed by atoms with van der Waals surface area (Å²) in [6.07, 6.45) is 15.1. The first-order valence-electron chi connectivity index (χ1n) is 17.2. The van der Waals surface area contributed by atoms with Gasteiger partial charge in [0, 0.05) is 24.2 Å². The van der Waals surface area contributed by atoms with Gasteiger partial charge in [0.25, 0.3) is 0 Å². The van der Waals surface area contributed by atoms with Gasteiger partial charge in [-0.15, -0.1) is 0 Å². The minimum atomic E-state index is -0.544. The second-order valence-corrected chi connectivity index (χ2v) is 12.6. The van der Waals surface area contributed by atoms with Gasteiger partial charge in [0.15, 0.2) is 48.7 Å². The van der Waals surface area contributed by atoms with Crippen molar-refractivity contribution in [1.82, 2.24) is 15.3 Å². The fourth-order valence-electron chi connectivity index (χ4n) is 4.54. The van der Waals surface area contributed by atoms with Crippen molar-refractivity contribution in [2.45, 2.75) is 39.5 Å². The van der Waals surface area contributed by atoms with Crippen LogP contribution < -0.4 is 33.0 Å². The summed E-state index contributed by atoms with van der Waals surface area (Å²) < 4.78 is 15.7. The number of oxazole rings is 2. The molecule has 292 valence electrons. The predicted octanol–water partition coefficient (Wildman–Crippen LogP) is 7.78. The molecule has 6 aromatic rings. The third-order valence-electron chi connectivity index (χ3n) is 7.09. The molecular weight excluding hydrogens is 732 g/mol. The Bertz CT molecular complexity index is 2240. The topological polar surface area (TPSA) is 201 Å². The summed E-state index contributed by atoms with van der Waals surface area (Å²) >= 11 is 0. The average Bonchev–Trinajstić information content (AvgIpc) is 3.97. The van der Waals surface area contributed by atoms with Crippen molar-refractivity contribution in [2.75, 3.05) is 21.9 Å². The molecule has 0 aliphatic heterocycles. The van der Waals surface area contributed by atoms with Gasteiger partial charge in [-0.25, -0.2) is 36.7 Å². The average molecular weight is 773 g/mol.